The van der Waals surface area contributed by atoms with Crippen LogP contribution in [0, 0.1) is 0 Å². The molecule has 0 aliphatic rings. The van der Waals surface area contributed by atoms with Gasteiger partial charge in [-0.3, -0.25) is 4.79 Å². The highest BCUT2D eigenvalue weighted by molar-refractivity contribution is 6.10. The molecule has 84 valence electrons. The van der Waals surface area contributed by atoms with Crippen molar-refractivity contribution in [3.05, 3.63) is 36.0 Å². The Balaban J connectivity index is 2.57. The van der Waals surface area contributed by atoms with Gasteiger partial charge in [0.15, 0.2) is 5.78 Å². The van der Waals surface area contributed by atoms with Crippen molar-refractivity contribution in [1.82, 2.24) is 4.57 Å². The molecule has 4 heteroatoms. The second-order valence-corrected chi connectivity index (χ2v) is 3.82. The second kappa shape index (κ2) is 4.08. The van der Waals surface area contributed by atoms with E-state index in [1.165, 1.54) is 0 Å². The van der Waals surface area contributed by atoms with Gasteiger partial charge in [-0.1, -0.05) is 18.2 Å². The predicted octanol–water partition coefficient (Wildman–Crippen LogP) is 0.681. The zero-order valence-corrected chi connectivity index (χ0v) is 9.05. The Labute approximate surface area is 93.3 Å². The Hall–Kier alpha value is -1.65. The number of rotatable bonds is 3. The molecular formula is C12H14N2O2. The lowest BCUT2D eigenvalue weighted by molar-refractivity contribution is 0.0927. The molecule has 3 N–H and O–H groups in total. The lowest BCUT2D eigenvalue weighted by Gasteiger charge is -2.05. The maximum Gasteiger partial charge on any atom is 0.184 e. The third-order valence-electron chi connectivity index (χ3n) is 2.70. The summed E-state index contributed by atoms with van der Waals surface area (Å²) in [4.78, 5) is 11.9. The molecule has 0 saturated heterocycles. The molecule has 4 nitrogen and oxygen atoms in total. The van der Waals surface area contributed by atoms with E-state index >= 15 is 0 Å². The normalized spacial score (nSPS) is 12.9. The van der Waals surface area contributed by atoms with Crippen LogP contribution in [-0.2, 0) is 7.05 Å². The molecule has 0 radical (unpaired) electrons. The van der Waals surface area contributed by atoms with Gasteiger partial charge in [-0.15, -0.1) is 0 Å². The van der Waals surface area contributed by atoms with Crippen molar-refractivity contribution < 1.29 is 9.90 Å². The number of hydrogen-bond acceptors (Lipinski definition) is 3. The maximum atomic E-state index is 11.9. The van der Waals surface area contributed by atoms with Gasteiger partial charge in [0, 0.05) is 29.7 Å². The van der Waals surface area contributed by atoms with Crippen LogP contribution >= 0.6 is 0 Å². The molecule has 2 aromatic rings. The molecule has 0 aliphatic carbocycles. The van der Waals surface area contributed by atoms with Crippen molar-refractivity contribution in [1.29, 1.82) is 0 Å². The van der Waals surface area contributed by atoms with Crippen LogP contribution in [0.4, 0.5) is 0 Å². The number of nitrogens with zero attached hydrogens (tertiary/aromatic N) is 1. The zero-order chi connectivity index (χ0) is 11.7. The van der Waals surface area contributed by atoms with Crippen LogP contribution in [0.25, 0.3) is 10.9 Å². The van der Waals surface area contributed by atoms with E-state index in [0.29, 0.717) is 5.56 Å². The van der Waals surface area contributed by atoms with Crippen molar-refractivity contribution in [3.63, 3.8) is 0 Å². The van der Waals surface area contributed by atoms with Gasteiger partial charge in [-0.2, -0.15) is 0 Å². The number of aliphatic hydroxyl groups is 1. The van der Waals surface area contributed by atoms with E-state index in [2.05, 4.69) is 0 Å². The molecule has 2 rings (SSSR count). The number of Topliss-reactive ketones (excluding diaryl/α,β-unsaturated/α-hetero) is 1. The summed E-state index contributed by atoms with van der Waals surface area (Å²) in [6.07, 6.45) is 1.75. The first-order chi connectivity index (χ1) is 7.65. The molecule has 1 atom stereocenters. The Morgan fingerprint density at radius 3 is 2.88 bits per heavy atom. The van der Waals surface area contributed by atoms with E-state index in [0.717, 1.165) is 10.9 Å². The largest absolute Gasteiger partial charge is 0.394 e. The molecule has 0 spiro atoms. The minimum atomic E-state index is -0.842. The lowest BCUT2D eigenvalue weighted by atomic mass is 10.0. The van der Waals surface area contributed by atoms with Gasteiger partial charge in [0.2, 0.25) is 0 Å². The second-order valence-electron chi connectivity index (χ2n) is 3.82. The van der Waals surface area contributed by atoms with Crippen LogP contribution < -0.4 is 5.73 Å². The van der Waals surface area contributed by atoms with Crippen LogP contribution in [0.1, 0.15) is 10.4 Å². The topological polar surface area (TPSA) is 68.2 Å². The van der Waals surface area contributed by atoms with Crippen molar-refractivity contribution in [2.75, 3.05) is 6.61 Å². The molecule has 1 aromatic heterocycles. The number of para-hydroxylation sites is 1. The van der Waals surface area contributed by atoms with Crippen molar-refractivity contribution >= 4 is 16.7 Å². The summed E-state index contributed by atoms with van der Waals surface area (Å²) in [5.74, 6) is -0.223. The van der Waals surface area contributed by atoms with Crippen molar-refractivity contribution in [3.8, 4) is 0 Å². The van der Waals surface area contributed by atoms with Crippen molar-refractivity contribution in [2.45, 2.75) is 6.04 Å². The summed E-state index contributed by atoms with van der Waals surface area (Å²) in [6, 6.07) is 6.78. The summed E-state index contributed by atoms with van der Waals surface area (Å²) in [5.41, 5.74) is 7.09. The van der Waals surface area contributed by atoms with Gasteiger partial charge in [0.1, 0.15) is 0 Å². The van der Waals surface area contributed by atoms with E-state index in [-0.39, 0.29) is 12.4 Å². The first-order valence-corrected chi connectivity index (χ1v) is 5.10. The molecule has 1 aromatic carbocycles. The van der Waals surface area contributed by atoms with Gasteiger partial charge >= 0.3 is 0 Å². The number of hydrogen-bond donors (Lipinski definition) is 2. The Bertz CT molecular complexity index is 531. The van der Waals surface area contributed by atoms with E-state index in [1.54, 1.807) is 6.20 Å². The van der Waals surface area contributed by atoms with Crippen LogP contribution in [-0.4, -0.2) is 28.1 Å². The first-order valence-electron chi connectivity index (χ1n) is 5.10. The third kappa shape index (κ3) is 1.62. The highest BCUT2D eigenvalue weighted by Crippen LogP contribution is 2.21. The van der Waals surface area contributed by atoms with Gasteiger partial charge in [-0.05, 0) is 6.07 Å². The number of fused-ring (bicyclic) bond motifs is 1. The van der Waals surface area contributed by atoms with Gasteiger partial charge in [0.05, 0.1) is 12.6 Å². The molecule has 0 aliphatic heterocycles. The van der Waals surface area contributed by atoms with Crippen molar-refractivity contribution in [2.24, 2.45) is 12.8 Å². The SMILES string of the molecule is Cn1cc(C(=O)C(N)CO)c2ccccc21. The Morgan fingerprint density at radius 2 is 2.19 bits per heavy atom. The van der Waals surface area contributed by atoms with Crippen LogP contribution in [0.15, 0.2) is 30.5 Å². The standard InChI is InChI=1S/C12H14N2O2/c1-14-6-9(12(16)10(13)7-15)8-4-2-3-5-11(8)14/h2-6,10,15H,7,13H2,1H3. The average molecular weight is 218 g/mol. The van der Waals surface area contributed by atoms with Gasteiger partial charge in [0.25, 0.3) is 0 Å². The highest BCUT2D eigenvalue weighted by atomic mass is 16.3. The average Bonchev–Trinajstić information content (AvgIpc) is 2.65. The number of nitrogens with two attached hydrogens (primary N) is 1. The molecular weight excluding hydrogens is 204 g/mol. The fraction of sp³-hybridized carbons (Fsp3) is 0.250. The highest BCUT2D eigenvalue weighted by Gasteiger charge is 2.19. The molecule has 0 amide bonds. The summed E-state index contributed by atoms with van der Waals surface area (Å²) in [7, 11) is 1.88. The quantitative estimate of drug-likeness (QED) is 0.744. The van der Waals surface area contributed by atoms with E-state index in [9.17, 15) is 4.79 Å². The summed E-state index contributed by atoms with van der Waals surface area (Å²) < 4.78 is 1.88. The number of aryl methyl sites for hydroxylation is 1. The van der Waals surface area contributed by atoms with Crippen LogP contribution in [0.5, 0.6) is 0 Å². The van der Waals surface area contributed by atoms with E-state index in [4.69, 9.17) is 10.8 Å². The van der Waals surface area contributed by atoms with Crippen LogP contribution in [0.2, 0.25) is 0 Å². The minimum Gasteiger partial charge on any atom is -0.394 e. The molecule has 16 heavy (non-hydrogen) atoms. The molecule has 0 fully saturated rings. The zero-order valence-electron chi connectivity index (χ0n) is 9.05. The monoisotopic (exact) mass is 218 g/mol. The summed E-state index contributed by atoms with van der Waals surface area (Å²) in [6.45, 7) is -0.331. The molecule has 1 heterocycles. The third-order valence-corrected chi connectivity index (χ3v) is 2.70. The fourth-order valence-electron chi connectivity index (χ4n) is 1.82. The number of aromatic nitrogens is 1. The number of ketones is 1. The van der Waals surface area contributed by atoms with Gasteiger partial charge in [-0.25, -0.2) is 0 Å². The van der Waals surface area contributed by atoms with Crippen LogP contribution in [0.3, 0.4) is 0 Å². The molecule has 1 unspecified atom stereocenters. The number of benzene rings is 1. The number of carbonyl (C=O) groups excluding carboxylic acids is 1. The summed E-state index contributed by atoms with van der Waals surface area (Å²) in [5, 5.41) is 9.77. The maximum absolute atomic E-state index is 11.9. The smallest absolute Gasteiger partial charge is 0.184 e. The first kappa shape index (κ1) is 10.9. The molecule has 0 saturated carbocycles. The minimum absolute atomic E-state index is 0.223. The fourth-order valence-corrected chi connectivity index (χ4v) is 1.82. The van der Waals surface area contributed by atoms with E-state index in [1.807, 2.05) is 35.9 Å². The van der Waals surface area contributed by atoms with Gasteiger partial charge < -0.3 is 15.4 Å². The summed E-state index contributed by atoms with van der Waals surface area (Å²) >= 11 is 0. The number of aliphatic hydroxyl groups excluding tert-OH is 1. The van der Waals surface area contributed by atoms with E-state index < -0.39 is 6.04 Å². The lowest BCUT2D eigenvalue weighted by Crippen LogP contribution is -2.33. The predicted molar refractivity (Wildman–Crippen MR) is 62.3 cm³/mol. The Kier molecular flexibility index (Phi) is 2.77. The Morgan fingerprint density at radius 1 is 1.50 bits per heavy atom. The molecule has 0 bridgehead atoms. The number of carbonyl (C=O) groups is 1.